The van der Waals surface area contributed by atoms with Crippen LogP contribution in [0.25, 0.3) is 0 Å². The summed E-state index contributed by atoms with van der Waals surface area (Å²) in [6.07, 6.45) is -2.29. The molecule has 2 bridgehead atoms. The van der Waals surface area contributed by atoms with Gasteiger partial charge in [-0.25, -0.2) is 0 Å². The van der Waals surface area contributed by atoms with Crippen LogP contribution in [0.3, 0.4) is 0 Å². The molecule has 2 saturated heterocycles. The first-order valence-corrected chi connectivity index (χ1v) is 5.34. The van der Waals surface area contributed by atoms with Crippen molar-refractivity contribution in [2.75, 3.05) is 7.05 Å². The van der Waals surface area contributed by atoms with Crippen LogP contribution in [0.5, 0.6) is 0 Å². The summed E-state index contributed by atoms with van der Waals surface area (Å²) in [5.41, 5.74) is -2.45. The van der Waals surface area contributed by atoms with Crippen molar-refractivity contribution >= 4 is 0 Å². The van der Waals surface area contributed by atoms with Gasteiger partial charge in [-0.05, 0) is 19.9 Å². The molecule has 1 N–H and O–H groups in total. The molecule has 88 valence electrons. The van der Waals surface area contributed by atoms with Gasteiger partial charge >= 0.3 is 6.18 Å². The molecule has 0 aromatic heterocycles. The zero-order valence-corrected chi connectivity index (χ0v) is 8.72. The van der Waals surface area contributed by atoms with Crippen LogP contribution in [0.1, 0.15) is 32.1 Å². The van der Waals surface area contributed by atoms with E-state index in [4.69, 9.17) is 0 Å². The topological polar surface area (TPSA) is 23.5 Å². The van der Waals surface area contributed by atoms with Gasteiger partial charge in [0.05, 0.1) is 0 Å². The highest BCUT2D eigenvalue weighted by molar-refractivity contribution is 5.02. The molecule has 0 aliphatic carbocycles. The van der Waals surface area contributed by atoms with E-state index in [1.807, 2.05) is 11.9 Å². The first-order valence-electron chi connectivity index (χ1n) is 5.34. The zero-order valence-electron chi connectivity index (χ0n) is 8.72. The molecule has 0 aromatic carbocycles. The predicted molar refractivity (Wildman–Crippen MR) is 49.4 cm³/mol. The lowest BCUT2D eigenvalue weighted by Gasteiger charge is -2.50. The second-order valence-corrected chi connectivity index (χ2v) is 4.84. The number of piperidine rings is 2. The van der Waals surface area contributed by atoms with Crippen LogP contribution in [0, 0.1) is 0 Å². The van der Waals surface area contributed by atoms with Gasteiger partial charge < -0.3 is 10.0 Å². The Morgan fingerprint density at radius 3 is 2.07 bits per heavy atom. The fourth-order valence-corrected chi connectivity index (χ4v) is 2.88. The summed E-state index contributed by atoms with van der Waals surface area (Å²) in [5.74, 6) is 0. The fourth-order valence-electron chi connectivity index (χ4n) is 2.88. The highest BCUT2D eigenvalue weighted by Gasteiger charge is 2.58. The molecule has 0 radical (unpaired) electrons. The van der Waals surface area contributed by atoms with Gasteiger partial charge in [0.2, 0.25) is 0 Å². The van der Waals surface area contributed by atoms with Gasteiger partial charge in [0.25, 0.3) is 0 Å². The van der Waals surface area contributed by atoms with E-state index in [0.717, 1.165) is 19.3 Å². The summed E-state index contributed by atoms with van der Waals surface area (Å²) in [7, 11) is 1.87. The predicted octanol–water partition coefficient (Wildman–Crippen LogP) is 1.93. The Kier molecular flexibility index (Phi) is 2.50. The van der Waals surface area contributed by atoms with Crippen LogP contribution in [0.4, 0.5) is 13.2 Å². The van der Waals surface area contributed by atoms with E-state index in [1.165, 1.54) is 0 Å². The van der Waals surface area contributed by atoms with Crippen molar-refractivity contribution in [2.24, 2.45) is 0 Å². The summed E-state index contributed by atoms with van der Waals surface area (Å²) in [6, 6.07) is -0.215. The fraction of sp³-hybridized carbons (Fsp3) is 1.00. The molecule has 0 saturated carbocycles. The largest absolute Gasteiger partial charge is 0.417 e. The monoisotopic (exact) mass is 223 g/mol. The number of hydrogen-bond donors (Lipinski definition) is 1. The molecule has 2 heterocycles. The number of halogens is 3. The lowest BCUT2D eigenvalue weighted by atomic mass is 9.75. The van der Waals surface area contributed by atoms with Gasteiger partial charge in [-0.2, -0.15) is 13.2 Å². The molecular formula is C10H16F3NO. The van der Waals surface area contributed by atoms with Crippen molar-refractivity contribution < 1.29 is 18.3 Å². The number of aliphatic hydroxyl groups is 1. The third kappa shape index (κ3) is 1.76. The average molecular weight is 223 g/mol. The summed E-state index contributed by atoms with van der Waals surface area (Å²) >= 11 is 0. The van der Waals surface area contributed by atoms with E-state index in [9.17, 15) is 18.3 Å². The summed E-state index contributed by atoms with van der Waals surface area (Å²) < 4.78 is 38.1. The first kappa shape index (κ1) is 11.2. The summed E-state index contributed by atoms with van der Waals surface area (Å²) in [4.78, 5) is 2.00. The maximum Gasteiger partial charge on any atom is 0.417 e. The molecule has 0 spiro atoms. The van der Waals surface area contributed by atoms with E-state index >= 15 is 0 Å². The molecule has 5 heteroatoms. The Hall–Kier alpha value is -0.290. The highest BCUT2D eigenvalue weighted by Crippen LogP contribution is 2.45. The first-order chi connectivity index (χ1) is 6.83. The smallest absolute Gasteiger partial charge is 0.380 e. The van der Waals surface area contributed by atoms with Crippen molar-refractivity contribution in [1.29, 1.82) is 0 Å². The number of rotatable bonds is 0. The minimum atomic E-state index is -4.48. The van der Waals surface area contributed by atoms with Crippen molar-refractivity contribution in [1.82, 2.24) is 4.90 Å². The van der Waals surface area contributed by atoms with Crippen molar-refractivity contribution in [3.05, 3.63) is 0 Å². The molecule has 0 amide bonds. The van der Waals surface area contributed by atoms with Crippen molar-refractivity contribution in [2.45, 2.75) is 56.0 Å². The molecule has 2 aliphatic rings. The lowest BCUT2D eigenvalue weighted by molar-refractivity contribution is -0.285. The maximum atomic E-state index is 12.7. The number of fused-ring (bicyclic) bond motifs is 2. The Morgan fingerprint density at radius 2 is 1.67 bits per heavy atom. The van der Waals surface area contributed by atoms with Crippen LogP contribution in [-0.2, 0) is 0 Å². The molecule has 2 fully saturated rings. The lowest BCUT2D eigenvalue weighted by Crippen LogP contribution is -2.61. The number of alkyl halides is 3. The molecule has 2 unspecified atom stereocenters. The quantitative estimate of drug-likeness (QED) is 0.678. The highest BCUT2D eigenvalue weighted by atomic mass is 19.4. The van der Waals surface area contributed by atoms with Gasteiger partial charge in [-0.3, -0.25) is 0 Å². The Balaban J connectivity index is 2.20. The molecular weight excluding hydrogens is 207 g/mol. The van der Waals surface area contributed by atoms with Crippen LogP contribution < -0.4 is 0 Å². The second kappa shape index (κ2) is 3.35. The Morgan fingerprint density at radius 1 is 1.20 bits per heavy atom. The molecule has 15 heavy (non-hydrogen) atoms. The van der Waals surface area contributed by atoms with Gasteiger partial charge in [0, 0.05) is 24.9 Å². The van der Waals surface area contributed by atoms with Crippen molar-refractivity contribution in [3.63, 3.8) is 0 Å². The minimum Gasteiger partial charge on any atom is -0.380 e. The normalized spacial score (nSPS) is 43.0. The van der Waals surface area contributed by atoms with Crippen LogP contribution in [0.15, 0.2) is 0 Å². The third-order valence-electron chi connectivity index (χ3n) is 3.90. The molecule has 2 atom stereocenters. The summed E-state index contributed by atoms with van der Waals surface area (Å²) in [5, 5.41) is 9.68. The van der Waals surface area contributed by atoms with Crippen LogP contribution >= 0.6 is 0 Å². The zero-order chi connectivity index (χ0) is 11.3. The average Bonchev–Trinajstić information content (AvgIpc) is 2.05. The van der Waals surface area contributed by atoms with E-state index in [2.05, 4.69) is 0 Å². The number of hydrogen-bond acceptors (Lipinski definition) is 2. The second-order valence-electron chi connectivity index (χ2n) is 4.84. The SMILES string of the molecule is CN1C2CCCC1CC(O)(C(F)(F)F)C2. The standard InChI is InChI=1S/C10H16F3NO/c1-14-7-3-2-4-8(14)6-9(15,5-7)10(11,12)13/h7-8,15H,2-6H2,1H3. The van der Waals surface area contributed by atoms with Gasteiger partial charge in [-0.15, -0.1) is 0 Å². The van der Waals surface area contributed by atoms with Crippen LogP contribution in [-0.4, -0.2) is 40.9 Å². The van der Waals surface area contributed by atoms with Crippen LogP contribution in [0.2, 0.25) is 0 Å². The minimum absolute atomic E-state index is 0.107. The van der Waals surface area contributed by atoms with E-state index in [0.29, 0.717) is 0 Å². The van der Waals surface area contributed by atoms with E-state index < -0.39 is 11.8 Å². The van der Waals surface area contributed by atoms with Gasteiger partial charge in [0.1, 0.15) is 0 Å². The van der Waals surface area contributed by atoms with E-state index in [1.54, 1.807) is 0 Å². The van der Waals surface area contributed by atoms with Gasteiger partial charge in [0.15, 0.2) is 5.60 Å². The van der Waals surface area contributed by atoms with E-state index in [-0.39, 0.29) is 24.9 Å². The third-order valence-corrected chi connectivity index (χ3v) is 3.90. The Bertz CT molecular complexity index is 240. The maximum absolute atomic E-state index is 12.7. The summed E-state index contributed by atoms with van der Waals surface area (Å²) in [6.45, 7) is 0. The number of nitrogens with zero attached hydrogens (tertiary/aromatic N) is 1. The van der Waals surface area contributed by atoms with Crippen molar-refractivity contribution in [3.8, 4) is 0 Å². The molecule has 2 aliphatic heterocycles. The van der Waals surface area contributed by atoms with Gasteiger partial charge in [-0.1, -0.05) is 6.42 Å². The Labute approximate surface area is 87.1 Å². The molecule has 0 aromatic rings. The molecule has 2 rings (SSSR count). The molecule has 2 nitrogen and oxygen atoms in total.